The lowest BCUT2D eigenvalue weighted by Crippen LogP contribution is -2.27. The van der Waals surface area contributed by atoms with Crippen LogP contribution in [0, 0.1) is 5.92 Å². The summed E-state index contributed by atoms with van der Waals surface area (Å²) in [6.45, 7) is 0.909. The highest BCUT2D eigenvalue weighted by atomic mass is 19.3. The molecule has 0 spiro atoms. The lowest BCUT2D eigenvalue weighted by atomic mass is 9.90. The van der Waals surface area contributed by atoms with Gasteiger partial charge in [0.1, 0.15) is 17.6 Å². The van der Waals surface area contributed by atoms with Crippen molar-refractivity contribution in [2.45, 2.75) is 26.6 Å². The molecule has 7 heteroatoms. The number of nitrogens with zero attached hydrogens (tertiary/aromatic N) is 1. The molecule has 2 unspecified atom stereocenters. The zero-order valence-electron chi connectivity index (χ0n) is 13.8. The maximum atomic E-state index is 12.6. The van der Waals surface area contributed by atoms with Crippen LogP contribution in [0.4, 0.5) is 8.78 Å². The van der Waals surface area contributed by atoms with Crippen LogP contribution in [0.5, 0.6) is 5.75 Å². The zero-order valence-corrected chi connectivity index (χ0v) is 13.8. The molecule has 1 aliphatic heterocycles. The van der Waals surface area contributed by atoms with Gasteiger partial charge < -0.3 is 14.8 Å². The van der Waals surface area contributed by atoms with E-state index in [9.17, 15) is 13.6 Å². The zero-order chi connectivity index (χ0) is 18.0. The maximum absolute atomic E-state index is 12.6. The number of hydrogen-bond donors (Lipinski definition) is 1. The standard InChI is InChI=1S/C18H18F2N2O3/c1-10(8-22-11(2)23)13-4-3-12(24-18(19)20)7-16-17(13)14-9-21-6-5-15(14)25-16/h3-7,9-10,16,18H,8H2,1-2H3,(H,22,23). The Hall–Kier alpha value is -2.70. The van der Waals surface area contributed by atoms with Gasteiger partial charge in [-0.1, -0.05) is 13.0 Å². The summed E-state index contributed by atoms with van der Waals surface area (Å²) in [4.78, 5) is 15.3. The molecular formula is C18H18F2N2O3. The molecule has 1 aliphatic carbocycles. The van der Waals surface area contributed by atoms with E-state index in [4.69, 9.17) is 4.74 Å². The van der Waals surface area contributed by atoms with Gasteiger partial charge in [0.05, 0.1) is 0 Å². The van der Waals surface area contributed by atoms with Gasteiger partial charge >= 0.3 is 6.61 Å². The predicted octanol–water partition coefficient (Wildman–Crippen LogP) is 3.06. The minimum Gasteiger partial charge on any atom is -0.481 e. The number of amides is 1. The SMILES string of the molecule is CC(=O)NCC(C)C1=C2c3cnccc3OC2C=C(OC(F)F)C=C1. The Balaban J connectivity index is 2.01. The molecule has 2 heterocycles. The smallest absolute Gasteiger partial charge is 0.387 e. The lowest BCUT2D eigenvalue weighted by Gasteiger charge is -2.17. The van der Waals surface area contributed by atoms with Gasteiger partial charge in [-0.2, -0.15) is 8.78 Å². The van der Waals surface area contributed by atoms with Gasteiger partial charge in [0.15, 0.2) is 0 Å². The molecule has 0 fully saturated rings. The van der Waals surface area contributed by atoms with Gasteiger partial charge in [0, 0.05) is 43.1 Å². The molecule has 0 aromatic carbocycles. The largest absolute Gasteiger partial charge is 0.481 e. The molecule has 0 radical (unpaired) electrons. The Morgan fingerprint density at radius 1 is 1.44 bits per heavy atom. The van der Waals surface area contributed by atoms with Crippen LogP contribution in [0.3, 0.4) is 0 Å². The number of hydrogen-bond acceptors (Lipinski definition) is 4. The summed E-state index contributed by atoms with van der Waals surface area (Å²) in [5, 5.41) is 2.78. The molecule has 1 aromatic rings. The van der Waals surface area contributed by atoms with Crippen molar-refractivity contribution in [3.63, 3.8) is 0 Å². The van der Waals surface area contributed by atoms with E-state index in [0.717, 1.165) is 16.7 Å². The number of rotatable bonds is 5. The normalized spacial score (nSPS) is 19.6. The molecule has 5 nitrogen and oxygen atoms in total. The van der Waals surface area contributed by atoms with Crippen LogP contribution in [0.1, 0.15) is 19.4 Å². The third-order valence-corrected chi connectivity index (χ3v) is 4.08. The summed E-state index contributed by atoms with van der Waals surface area (Å²) < 4.78 is 35.7. The maximum Gasteiger partial charge on any atom is 0.387 e. The van der Waals surface area contributed by atoms with Crippen molar-refractivity contribution in [2.24, 2.45) is 5.92 Å². The Morgan fingerprint density at radius 3 is 2.96 bits per heavy atom. The third-order valence-electron chi connectivity index (χ3n) is 4.08. The first-order chi connectivity index (χ1) is 12.0. The van der Waals surface area contributed by atoms with Crippen LogP contribution in [0.2, 0.25) is 0 Å². The number of fused-ring (bicyclic) bond motifs is 3. The molecule has 1 aromatic heterocycles. The Morgan fingerprint density at radius 2 is 2.24 bits per heavy atom. The number of alkyl halides is 2. The van der Waals surface area contributed by atoms with Crippen molar-refractivity contribution in [2.75, 3.05) is 6.54 Å². The van der Waals surface area contributed by atoms with Crippen molar-refractivity contribution >= 4 is 11.5 Å². The topological polar surface area (TPSA) is 60.5 Å². The molecule has 2 aliphatic rings. The summed E-state index contributed by atoms with van der Waals surface area (Å²) in [7, 11) is 0. The number of allylic oxidation sites excluding steroid dienone is 2. The van der Waals surface area contributed by atoms with Crippen LogP contribution < -0.4 is 10.1 Å². The Labute approximate surface area is 144 Å². The van der Waals surface area contributed by atoms with Crippen LogP contribution in [-0.2, 0) is 9.53 Å². The molecule has 3 rings (SSSR count). The summed E-state index contributed by atoms with van der Waals surface area (Å²) >= 11 is 0. The Bertz CT molecular complexity index is 771. The van der Waals surface area contributed by atoms with Crippen LogP contribution in [0.25, 0.3) is 5.57 Å². The molecule has 1 amide bonds. The number of halogens is 2. The van der Waals surface area contributed by atoms with E-state index < -0.39 is 12.7 Å². The van der Waals surface area contributed by atoms with Crippen molar-refractivity contribution < 1.29 is 23.0 Å². The summed E-state index contributed by atoms with van der Waals surface area (Å²) in [5.41, 5.74) is 2.55. The molecule has 1 N–H and O–H groups in total. The molecule has 0 bridgehead atoms. The van der Waals surface area contributed by atoms with Gasteiger partial charge in [-0.25, -0.2) is 0 Å². The van der Waals surface area contributed by atoms with Crippen molar-refractivity contribution in [1.82, 2.24) is 10.3 Å². The number of aromatic nitrogens is 1. The van der Waals surface area contributed by atoms with Gasteiger partial charge in [0.2, 0.25) is 5.91 Å². The number of carbonyl (C=O) groups excluding carboxylic acids is 1. The summed E-state index contributed by atoms with van der Waals surface area (Å²) in [5.74, 6) is 0.505. The van der Waals surface area contributed by atoms with Crippen molar-refractivity contribution in [3.05, 3.63) is 53.6 Å². The van der Waals surface area contributed by atoms with E-state index in [-0.39, 0.29) is 17.6 Å². The quantitative estimate of drug-likeness (QED) is 0.888. The average Bonchev–Trinajstić information content (AvgIpc) is 2.81. The first-order valence-corrected chi connectivity index (χ1v) is 7.90. The van der Waals surface area contributed by atoms with E-state index >= 15 is 0 Å². The molecule has 25 heavy (non-hydrogen) atoms. The second-order valence-electron chi connectivity index (χ2n) is 5.90. The first kappa shape index (κ1) is 17.1. The number of carbonyl (C=O) groups is 1. The second-order valence-corrected chi connectivity index (χ2v) is 5.90. The third kappa shape index (κ3) is 3.70. The highest BCUT2D eigenvalue weighted by molar-refractivity contribution is 5.83. The molecule has 132 valence electrons. The highest BCUT2D eigenvalue weighted by Crippen LogP contribution is 2.42. The fourth-order valence-corrected chi connectivity index (χ4v) is 2.96. The average molecular weight is 348 g/mol. The second kappa shape index (κ2) is 7.04. The number of ether oxygens (including phenoxy) is 2. The first-order valence-electron chi connectivity index (χ1n) is 7.90. The van der Waals surface area contributed by atoms with Gasteiger partial charge in [0.25, 0.3) is 0 Å². The van der Waals surface area contributed by atoms with E-state index in [2.05, 4.69) is 15.0 Å². The number of nitrogens with one attached hydrogen (secondary N) is 1. The van der Waals surface area contributed by atoms with Crippen molar-refractivity contribution in [3.8, 4) is 5.75 Å². The van der Waals surface area contributed by atoms with E-state index in [1.807, 2.05) is 6.92 Å². The predicted molar refractivity (Wildman–Crippen MR) is 87.7 cm³/mol. The van der Waals surface area contributed by atoms with E-state index in [1.54, 1.807) is 24.5 Å². The molecule has 0 saturated carbocycles. The van der Waals surface area contributed by atoms with E-state index in [0.29, 0.717) is 12.3 Å². The van der Waals surface area contributed by atoms with Gasteiger partial charge in [-0.05, 0) is 23.6 Å². The van der Waals surface area contributed by atoms with Crippen LogP contribution in [-0.4, -0.2) is 30.2 Å². The van der Waals surface area contributed by atoms with Gasteiger partial charge in [-0.15, -0.1) is 0 Å². The van der Waals surface area contributed by atoms with Gasteiger partial charge in [-0.3, -0.25) is 9.78 Å². The molecule has 2 atom stereocenters. The molecule has 0 saturated heterocycles. The Kier molecular flexibility index (Phi) is 4.83. The fraction of sp³-hybridized carbons (Fsp3) is 0.333. The van der Waals surface area contributed by atoms with Crippen LogP contribution >= 0.6 is 0 Å². The summed E-state index contributed by atoms with van der Waals surface area (Å²) in [6, 6.07) is 1.73. The van der Waals surface area contributed by atoms with Crippen molar-refractivity contribution in [1.29, 1.82) is 0 Å². The van der Waals surface area contributed by atoms with E-state index in [1.165, 1.54) is 19.1 Å². The minimum atomic E-state index is -2.91. The fourth-order valence-electron chi connectivity index (χ4n) is 2.96. The minimum absolute atomic E-state index is 0.0417. The molecular weight excluding hydrogens is 330 g/mol. The highest BCUT2D eigenvalue weighted by Gasteiger charge is 2.33. The summed E-state index contributed by atoms with van der Waals surface area (Å²) in [6.07, 6.45) is 7.52. The monoisotopic (exact) mass is 348 g/mol. The number of pyridine rings is 1. The lowest BCUT2D eigenvalue weighted by molar-refractivity contribution is -0.119. The van der Waals surface area contributed by atoms with Crippen LogP contribution in [0.15, 0.2) is 48.0 Å².